The third-order valence-corrected chi connectivity index (χ3v) is 2.57. The van der Waals surface area contributed by atoms with Gasteiger partial charge in [-0.3, -0.25) is 4.40 Å². The number of aromatic nitrogens is 2. The third kappa shape index (κ3) is 1.21. The number of pyridine rings is 1. The SMILES string of the molecule is Cc1cccn2c(C(=O)O)nc(Br)c12. The highest BCUT2D eigenvalue weighted by atomic mass is 79.9. The first kappa shape index (κ1) is 9.21. The fraction of sp³-hybridized carbons (Fsp3) is 0.111. The largest absolute Gasteiger partial charge is 0.475 e. The van der Waals surface area contributed by atoms with Crippen LogP contribution in [-0.4, -0.2) is 20.5 Å². The van der Waals surface area contributed by atoms with E-state index in [1.165, 1.54) is 0 Å². The van der Waals surface area contributed by atoms with Crippen molar-refractivity contribution in [1.82, 2.24) is 9.38 Å². The van der Waals surface area contributed by atoms with Gasteiger partial charge in [0.05, 0.1) is 5.52 Å². The number of nitrogens with zero attached hydrogens (tertiary/aromatic N) is 2. The lowest BCUT2D eigenvalue weighted by Gasteiger charge is -1.98. The Hall–Kier alpha value is -1.36. The lowest BCUT2D eigenvalue weighted by atomic mass is 10.3. The molecule has 1 N–H and O–H groups in total. The molecule has 72 valence electrons. The molecule has 0 aliphatic heterocycles. The molecule has 0 spiro atoms. The fourth-order valence-corrected chi connectivity index (χ4v) is 2.08. The zero-order valence-electron chi connectivity index (χ0n) is 7.36. The van der Waals surface area contributed by atoms with Crippen LogP contribution >= 0.6 is 15.9 Å². The van der Waals surface area contributed by atoms with Crippen molar-refractivity contribution >= 4 is 27.4 Å². The molecule has 0 saturated carbocycles. The average Bonchev–Trinajstić information content (AvgIpc) is 2.45. The predicted octanol–water partition coefficient (Wildman–Crippen LogP) is 2.10. The number of hydrogen-bond acceptors (Lipinski definition) is 2. The van der Waals surface area contributed by atoms with Crippen LogP contribution in [-0.2, 0) is 0 Å². The smallest absolute Gasteiger partial charge is 0.372 e. The Morgan fingerprint density at radius 2 is 2.36 bits per heavy atom. The van der Waals surface area contributed by atoms with E-state index in [-0.39, 0.29) is 5.82 Å². The minimum Gasteiger partial charge on any atom is -0.475 e. The van der Waals surface area contributed by atoms with E-state index in [0.29, 0.717) is 4.60 Å². The third-order valence-electron chi connectivity index (χ3n) is 2.01. The second kappa shape index (κ2) is 3.09. The molecule has 0 saturated heterocycles. The summed E-state index contributed by atoms with van der Waals surface area (Å²) in [6.45, 7) is 1.91. The van der Waals surface area contributed by atoms with Gasteiger partial charge in [0, 0.05) is 6.20 Å². The number of fused-ring (bicyclic) bond motifs is 1. The molecule has 14 heavy (non-hydrogen) atoms. The fourth-order valence-electron chi connectivity index (χ4n) is 1.41. The summed E-state index contributed by atoms with van der Waals surface area (Å²) in [6.07, 6.45) is 1.68. The molecule has 2 aromatic heterocycles. The van der Waals surface area contributed by atoms with Crippen molar-refractivity contribution in [1.29, 1.82) is 0 Å². The van der Waals surface area contributed by atoms with Gasteiger partial charge in [0.25, 0.3) is 0 Å². The molecular weight excluding hydrogens is 248 g/mol. The van der Waals surface area contributed by atoms with Crippen LogP contribution in [0.15, 0.2) is 22.9 Å². The summed E-state index contributed by atoms with van der Waals surface area (Å²) in [5.41, 5.74) is 1.78. The van der Waals surface area contributed by atoms with Crippen molar-refractivity contribution < 1.29 is 9.90 Å². The molecule has 0 amide bonds. The molecule has 0 atom stereocenters. The first-order chi connectivity index (χ1) is 6.61. The monoisotopic (exact) mass is 254 g/mol. The van der Waals surface area contributed by atoms with Crippen molar-refractivity contribution in [3.8, 4) is 0 Å². The standard InChI is InChI=1S/C9H7BrN2O2/c1-5-3-2-4-12-6(5)7(10)11-8(12)9(13)14/h2-4H,1H3,(H,13,14). The molecule has 2 aromatic rings. The van der Waals surface area contributed by atoms with Gasteiger partial charge in [-0.1, -0.05) is 6.07 Å². The molecule has 5 heteroatoms. The molecule has 0 unspecified atom stereocenters. The summed E-state index contributed by atoms with van der Waals surface area (Å²) < 4.78 is 2.12. The second-order valence-corrected chi connectivity index (χ2v) is 3.69. The summed E-state index contributed by atoms with van der Waals surface area (Å²) in [7, 11) is 0. The highest BCUT2D eigenvalue weighted by Crippen LogP contribution is 2.21. The molecule has 0 aliphatic carbocycles. The number of rotatable bonds is 1. The number of hydrogen-bond donors (Lipinski definition) is 1. The first-order valence-electron chi connectivity index (χ1n) is 3.97. The van der Waals surface area contributed by atoms with Crippen LogP contribution in [0.4, 0.5) is 0 Å². The van der Waals surface area contributed by atoms with Crippen LogP contribution in [0.3, 0.4) is 0 Å². The molecule has 0 fully saturated rings. The minimum atomic E-state index is -1.03. The van der Waals surface area contributed by atoms with Crippen LogP contribution < -0.4 is 0 Å². The maximum atomic E-state index is 10.8. The number of carboxylic acids is 1. The molecule has 4 nitrogen and oxygen atoms in total. The first-order valence-corrected chi connectivity index (χ1v) is 4.77. The van der Waals surface area contributed by atoms with Crippen LogP contribution in [0.2, 0.25) is 0 Å². The normalized spacial score (nSPS) is 10.7. The van der Waals surface area contributed by atoms with E-state index in [1.807, 2.05) is 13.0 Å². The maximum Gasteiger partial charge on any atom is 0.372 e. The van der Waals surface area contributed by atoms with Crippen molar-refractivity contribution in [2.24, 2.45) is 0 Å². The molecule has 0 radical (unpaired) electrons. The van der Waals surface area contributed by atoms with Crippen molar-refractivity contribution in [3.63, 3.8) is 0 Å². The lowest BCUT2D eigenvalue weighted by molar-refractivity contribution is 0.0682. The lowest BCUT2D eigenvalue weighted by Crippen LogP contribution is -2.03. The summed E-state index contributed by atoms with van der Waals surface area (Å²) in [6, 6.07) is 3.70. The summed E-state index contributed by atoms with van der Waals surface area (Å²) >= 11 is 3.24. The molecule has 0 aliphatic rings. The van der Waals surface area contributed by atoms with Crippen LogP contribution in [0, 0.1) is 6.92 Å². The van der Waals surface area contributed by atoms with E-state index < -0.39 is 5.97 Å². The number of aromatic carboxylic acids is 1. The van der Waals surface area contributed by atoms with Crippen molar-refractivity contribution in [3.05, 3.63) is 34.3 Å². The van der Waals surface area contributed by atoms with Gasteiger partial charge in [0.1, 0.15) is 4.60 Å². The average molecular weight is 255 g/mol. The van der Waals surface area contributed by atoms with E-state index in [1.54, 1.807) is 16.7 Å². The molecular formula is C9H7BrN2O2. The zero-order valence-corrected chi connectivity index (χ0v) is 8.95. The number of aryl methyl sites for hydroxylation is 1. The maximum absolute atomic E-state index is 10.8. The Morgan fingerprint density at radius 3 is 3.00 bits per heavy atom. The van der Waals surface area contributed by atoms with Gasteiger partial charge in [-0.2, -0.15) is 0 Å². The van der Waals surface area contributed by atoms with E-state index in [9.17, 15) is 4.79 Å². The van der Waals surface area contributed by atoms with Gasteiger partial charge in [-0.15, -0.1) is 0 Å². The molecule has 2 rings (SSSR count). The second-order valence-electron chi connectivity index (χ2n) is 2.94. The summed E-state index contributed by atoms with van der Waals surface area (Å²) in [5.74, 6) is -1.01. The van der Waals surface area contributed by atoms with Gasteiger partial charge < -0.3 is 5.11 Å². The molecule has 0 aromatic carbocycles. The van der Waals surface area contributed by atoms with Gasteiger partial charge >= 0.3 is 5.97 Å². The minimum absolute atomic E-state index is 0.0237. The van der Waals surface area contributed by atoms with E-state index in [4.69, 9.17) is 5.11 Å². The summed E-state index contributed by atoms with van der Waals surface area (Å²) in [4.78, 5) is 14.8. The Kier molecular flexibility index (Phi) is 2.03. The van der Waals surface area contributed by atoms with Gasteiger partial charge in [-0.25, -0.2) is 9.78 Å². The molecule has 2 heterocycles. The van der Waals surface area contributed by atoms with E-state index in [2.05, 4.69) is 20.9 Å². The van der Waals surface area contributed by atoms with E-state index >= 15 is 0 Å². The quantitative estimate of drug-likeness (QED) is 0.848. The predicted molar refractivity (Wildman–Crippen MR) is 54.6 cm³/mol. The van der Waals surface area contributed by atoms with Crippen LogP contribution in [0.1, 0.15) is 16.2 Å². The van der Waals surface area contributed by atoms with Gasteiger partial charge in [0.2, 0.25) is 5.82 Å². The number of carbonyl (C=O) groups is 1. The topological polar surface area (TPSA) is 54.6 Å². The highest BCUT2D eigenvalue weighted by Gasteiger charge is 2.15. The van der Waals surface area contributed by atoms with Gasteiger partial charge in [-0.05, 0) is 34.5 Å². The van der Waals surface area contributed by atoms with Crippen LogP contribution in [0.25, 0.3) is 5.52 Å². The van der Waals surface area contributed by atoms with E-state index in [0.717, 1.165) is 11.1 Å². The van der Waals surface area contributed by atoms with Gasteiger partial charge in [0.15, 0.2) is 0 Å². The summed E-state index contributed by atoms with van der Waals surface area (Å²) in [5, 5.41) is 8.88. The highest BCUT2D eigenvalue weighted by molar-refractivity contribution is 9.10. The Morgan fingerprint density at radius 1 is 1.64 bits per heavy atom. The van der Waals surface area contributed by atoms with Crippen LogP contribution in [0.5, 0.6) is 0 Å². The number of imidazole rings is 1. The number of halogens is 1. The van der Waals surface area contributed by atoms with Crippen molar-refractivity contribution in [2.45, 2.75) is 6.92 Å². The number of carboxylic acid groups (broad SMARTS) is 1. The Labute approximate surface area is 88.3 Å². The Bertz CT molecular complexity index is 519. The molecule has 0 bridgehead atoms. The van der Waals surface area contributed by atoms with Crippen molar-refractivity contribution in [2.75, 3.05) is 0 Å². The zero-order chi connectivity index (χ0) is 10.3. The Balaban J connectivity index is 2.91.